The molecule has 2 atom stereocenters. The Balaban J connectivity index is 0.000000771. The van der Waals surface area contributed by atoms with Gasteiger partial charge in [-0.15, -0.1) is 0 Å². The Hall–Kier alpha value is -2.14. The van der Waals surface area contributed by atoms with Crippen molar-refractivity contribution in [1.29, 1.82) is 0 Å². The fraction of sp³-hybridized carbons (Fsp3) is 0.643. The standard InChI is InChI=1S/C20H38O2.C8H9NO2/c1-16(2)9-6-10-17(3)11-7-12-18(4)13-8-14-19(5)15-20(21)22;9-6-8(10)11-7-4-2-1-3-5-7/h15-18H,6-14H2,1-5H3,(H,21,22);1-5H,6,9H2/b19-15+;/t17-,18-;/m1./s1. The predicted octanol–water partition coefficient (Wildman–Crippen LogP) is 7.01. The summed E-state index contributed by atoms with van der Waals surface area (Å²) in [6, 6.07) is 8.83. The molecule has 0 aromatic heterocycles. The molecule has 5 heteroatoms. The van der Waals surface area contributed by atoms with Gasteiger partial charge in [0.05, 0.1) is 6.54 Å². The van der Waals surface area contributed by atoms with E-state index in [1.165, 1.54) is 51.0 Å². The third kappa shape index (κ3) is 20.2. The maximum Gasteiger partial charge on any atom is 0.328 e. The molecule has 0 heterocycles. The van der Waals surface area contributed by atoms with Crippen molar-refractivity contribution in [3.05, 3.63) is 42.0 Å². The Morgan fingerprint density at radius 2 is 1.42 bits per heavy atom. The summed E-state index contributed by atoms with van der Waals surface area (Å²) in [5.41, 5.74) is 6.03. The summed E-state index contributed by atoms with van der Waals surface area (Å²) in [5.74, 6) is 1.76. The predicted molar refractivity (Wildman–Crippen MR) is 137 cm³/mol. The van der Waals surface area contributed by atoms with Gasteiger partial charge in [0.2, 0.25) is 0 Å². The van der Waals surface area contributed by atoms with Gasteiger partial charge in [0.25, 0.3) is 0 Å². The number of hydrogen-bond acceptors (Lipinski definition) is 4. The maximum absolute atomic E-state index is 10.6. The third-order valence-corrected chi connectivity index (χ3v) is 5.65. The molecule has 0 unspecified atom stereocenters. The number of allylic oxidation sites excluding steroid dienone is 1. The molecule has 0 fully saturated rings. The minimum absolute atomic E-state index is 0.0884. The zero-order valence-corrected chi connectivity index (χ0v) is 21.5. The highest BCUT2D eigenvalue weighted by molar-refractivity contribution is 5.80. The van der Waals surface area contributed by atoms with Gasteiger partial charge in [-0.25, -0.2) is 4.79 Å². The van der Waals surface area contributed by atoms with Crippen LogP contribution in [0, 0.1) is 17.8 Å². The molecule has 0 aliphatic heterocycles. The quantitative estimate of drug-likeness (QED) is 0.167. The fourth-order valence-corrected chi connectivity index (χ4v) is 3.65. The molecule has 1 aromatic rings. The van der Waals surface area contributed by atoms with E-state index in [1.807, 2.05) is 13.0 Å². The van der Waals surface area contributed by atoms with E-state index < -0.39 is 11.9 Å². The van der Waals surface area contributed by atoms with Crippen molar-refractivity contribution in [3.63, 3.8) is 0 Å². The average Bonchev–Trinajstić information content (AvgIpc) is 2.74. The van der Waals surface area contributed by atoms with Crippen LogP contribution in [0.2, 0.25) is 0 Å². The first-order valence-corrected chi connectivity index (χ1v) is 12.5. The Morgan fingerprint density at radius 1 is 0.909 bits per heavy atom. The Kier molecular flexibility index (Phi) is 18.1. The van der Waals surface area contributed by atoms with Crippen molar-refractivity contribution in [2.45, 2.75) is 92.4 Å². The van der Waals surface area contributed by atoms with Gasteiger partial charge in [0.15, 0.2) is 0 Å². The summed E-state index contributed by atoms with van der Waals surface area (Å²) < 4.78 is 4.80. The van der Waals surface area contributed by atoms with Gasteiger partial charge in [-0.3, -0.25) is 4.79 Å². The summed E-state index contributed by atoms with van der Waals surface area (Å²) in [7, 11) is 0. The van der Waals surface area contributed by atoms with Crippen molar-refractivity contribution in [3.8, 4) is 5.75 Å². The number of ether oxygens (including phenoxy) is 1. The number of nitrogens with two attached hydrogens (primary N) is 1. The van der Waals surface area contributed by atoms with Crippen LogP contribution in [0.5, 0.6) is 5.75 Å². The van der Waals surface area contributed by atoms with Crippen LogP contribution < -0.4 is 10.5 Å². The van der Waals surface area contributed by atoms with Gasteiger partial charge in [0.1, 0.15) is 5.75 Å². The fourth-order valence-electron chi connectivity index (χ4n) is 3.65. The summed E-state index contributed by atoms with van der Waals surface area (Å²) in [6.07, 6.45) is 12.7. The second-order valence-corrected chi connectivity index (χ2v) is 9.68. The number of aliphatic carboxylic acids is 1. The number of carbonyl (C=O) groups is 2. The van der Waals surface area contributed by atoms with Crippen molar-refractivity contribution in [1.82, 2.24) is 0 Å². The van der Waals surface area contributed by atoms with Crippen molar-refractivity contribution in [2.75, 3.05) is 6.54 Å². The SMILES string of the molecule is C/C(=C\C(=O)O)CCC[C@H](C)CCC[C@H](C)CCCC(C)C.NCC(=O)Oc1ccccc1. The lowest BCUT2D eigenvalue weighted by Gasteiger charge is -2.15. The average molecular weight is 462 g/mol. The molecular formula is C28H47NO4. The van der Waals surface area contributed by atoms with Crippen LogP contribution in [0.15, 0.2) is 42.0 Å². The van der Waals surface area contributed by atoms with Gasteiger partial charge in [-0.1, -0.05) is 96.4 Å². The first kappa shape index (κ1) is 30.9. The monoisotopic (exact) mass is 461 g/mol. The van der Waals surface area contributed by atoms with E-state index >= 15 is 0 Å². The number of carboxylic acids is 1. The van der Waals surface area contributed by atoms with Gasteiger partial charge >= 0.3 is 11.9 Å². The summed E-state index contributed by atoms with van der Waals surface area (Å²) in [4.78, 5) is 21.2. The molecule has 0 saturated heterocycles. The number of rotatable bonds is 15. The molecule has 3 N–H and O–H groups in total. The Bertz CT molecular complexity index is 670. The van der Waals surface area contributed by atoms with E-state index in [1.54, 1.807) is 24.3 Å². The molecule has 0 bridgehead atoms. The molecule has 0 radical (unpaired) electrons. The topological polar surface area (TPSA) is 89.6 Å². The normalized spacial score (nSPS) is 13.1. The number of para-hydroxylation sites is 1. The molecule has 188 valence electrons. The van der Waals surface area contributed by atoms with E-state index in [0.29, 0.717) is 5.75 Å². The van der Waals surface area contributed by atoms with Gasteiger partial charge in [-0.05, 0) is 49.7 Å². The third-order valence-electron chi connectivity index (χ3n) is 5.65. The highest BCUT2D eigenvalue weighted by Crippen LogP contribution is 2.22. The Morgan fingerprint density at radius 3 is 1.91 bits per heavy atom. The van der Waals surface area contributed by atoms with E-state index in [4.69, 9.17) is 15.6 Å². The molecule has 0 spiro atoms. The molecule has 0 amide bonds. The molecule has 33 heavy (non-hydrogen) atoms. The molecule has 0 saturated carbocycles. The largest absolute Gasteiger partial charge is 0.478 e. The van der Waals surface area contributed by atoms with Crippen LogP contribution in [0.4, 0.5) is 0 Å². The minimum Gasteiger partial charge on any atom is -0.478 e. The summed E-state index contributed by atoms with van der Waals surface area (Å²) >= 11 is 0. The number of hydrogen-bond donors (Lipinski definition) is 2. The lowest BCUT2D eigenvalue weighted by molar-refractivity contribution is -0.133. The van der Waals surface area contributed by atoms with Gasteiger partial charge < -0.3 is 15.6 Å². The molecule has 1 rings (SSSR count). The first-order valence-electron chi connectivity index (χ1n) is 12.5. The number of esters is 1. The van der Waals surface area contributed by atoms with E-state index in [-0.39, 0.29) is 6.54 Å². The highest BCUT2D eigenvalue weighted by Gasteiger charge is 2.07. The molecule has 5 nitrogen and oxygen atoms in total. The van der Waals surface area contributed by atoms with E-state index in [2.05, 4.69) is 27.7 Å². The summed E-state index contributed by atoms with van der Waals surface area (Å²) in [5, 5.41) is 8.68. The lowest BCUT2D eigenvalue weighted by atomic mass is 9.91. The van der Waals surface area contributed by atoms with Crippen LogP contribution >= 0.6 is 0 Å². The van der Waals surface area contributed by atoms with Gasteiger partial charge in [-0.2, -0.15) is 0 Å². The minimum atomic E-state index is -0.822. The van der Waals surface area contributed by atoms with Gasteiger partial charge in [0, 0.05) is 6.08 Å². The van der Waals surface area contributed by atoms with Crippen molar-refractivity contribution < 1.29 is 19.4 Å². The lowest BCUT2D eigenvalue weighted by Crippen LogP contribution is -2.19. The number of carboxylic acid groups (broad SMARTS) is 1. The maximum atomic E-state index is 10.6. The molecule has 0 aliphatic rings. The molecule has 0 aliphatic carbocycles. The smallest absolute Gasteiger partial charge is 0.328 e. The van der Waals surface area contributed by atoms with E-state index in [9.17, 15) is 9.59 Å². The zero-order valence-electron chi connectivity index (χ0n) is 21.5. The Labute approximate surface area is 201 Å². The second kappa shape index (κ2) is 19.3. The highest BCUT2D eigenvalue weighted by atomic mass is 16.5. The number of benzene rings is 1. The summed E-state index contributed by atoms with van der Waals surface area (Å²) in [6.45, 7) is 11.2. The molecular weight excluding hydrogens is 414 g/mol. The van der Waals surface area contributed by atoms with Crippen LogP contribution in [0.3, 0.4) is 0 Å². The van der Waals surface area contributed by atoms with E-state index in [0.717, 1.165) is 36.2 Å². The van der Waals surface area contributed by atoms with Crippen LogP contribution in [-0.2, 0) is 9.59 Å². The van der Waals surface area contributed by atoms with Crippen LogP contribution in [0.1, 0.15) is 92.4 Å². The second-order valence-electron chi connectivity index (χ2n) is 9.68. The molecule has 1 aromatic carbocycles. The van der Waals surface area contributed by atoms with Crippen molar-refractivity contribution in [2.24, 2.45) is 23.5 Å². The van der Waals surface area contributed by atoms with Crippen LogP contribution in [0.25, 0.3) is 0 Å². The zero-order chi connectivity index (χ0) is 25.1. The number of carbonyl (C=O) groups excluding carboxylic acids is 1. The van der Waals surface area contributed by atoms with Crippen molar-refractivity contribution >= 4 is 11.9 Å². The van der Waals surface area contributed by atoms with Crippen LogP contribution in [-0.4, -0.2) is 23.6 Å². The first-order chi connectivity index (χ1) is 15.6.